The molecule has 1 saturated carbocycles. The number of carbonyl (C=O) groups is 2. The van der Waals surface area contributed by atoms with E-state index in [2.05, 4.69) is 24.4 Å². The molecule has 1 aliphatic heterocycles. The number of aryl methyl sites for hydroxylation is 1. The maximum atomic E-state index is 12.3. The number of rotatable bonds is 10. The highest BCUT2D eigenvalue weighted by Crippen LogP contribution is 2.32. The van der Waals surface area contributed by atoms with E-state index in [1.807, 2.05) is 39.2 Å². The van der Waals surface area contributed by atoms with Crippen molar-refractivity contribution in [1.82, 2.24) is 10.9 Å². The molecule has 0 radical (unpaired) electrons. The number of hydrogen-bond acceptors (Lipinski definition) is 5. The number of nitrogens with zero attached hydrogens (tertiary/aromatic N) is 1. The van der Waals surface area contributed by atoms with Crippen molar-refractivity contribution >= 4 is 29.1 Å². The largest absolute Gasteiger partial charge is 0.494 e. The minimum absolute atomic E-state index is 0.138. The molecule has 2 aliphatic rings. The SMILES string of the molecule is C=C(C)CCCCOc1ccc2c(c1)CCC(=O)N2C(=O)CCCCl.CC1CCCCC1.CNNC. The minimum Gasteiger partial charge on any atom is -0.494 e. The first kappa shape index (κ1) is 32.1. The molecule has 2 amide bonds. The predicted molar refractivity (Wildman–Crippen MR) is 152 cm³/mol. The van der Waals surface area contributed by atoms with Gasteiger partial charge in [-0.05, 0) is 82.8 Å². The fraction of sp³-hybridized carbons (Fsp3) is 0.655. The Bertz CT molecular complexity index is 792. The number of alkyl halides is 1. The van der Waals surface area contributed by atoms with Crippen molar-refractivity contribution in [2.45, 2.75) is 90.9 Å². The lowest BCUT2D eigenvalue weighted by Gasteiger charge is -2.28. The molecule has 2 N–H and O–H groups in total. The second-order valence-corrected chi connectivity index (χ2v) is 10.1. The first-order valence-corrected chi connectivity index (χ1v) is 14.0. The number of hydrazine groups is 1. The zero-order valence-corrected chi connectivity index (χ0v) is 23.7. The number of unbranched alkanes of at least 4 members (excludes halogenated alkanes) is 1. The number of fused-ring (bicyclic) bond motifs is 1. The van der Waals surface area contributed by atoms with E-state index in [-0.39, 0.29) is 18.2 Å². The van der Waals surface area contributed by atoms with E-state index >= 15 is 0 Å². The molecule has 1 fully saturated rings. The Balaban J connectivity index is 0.000000486. The molecule has 0 spiro atoms. The van der Waals surface area contributed by atoms with Crippen LogP contribution < -0.4 is 20.5 Å². The van der Waals surface area contributed by atoms with Crippen molar-refractivity contribution in [2.75, 3.05) is 31.5 Å². The van der Waals surface area contributed by atoms with Crippen LogP contribution >= 0.6 is 11.6 Å². The molecule has 36 heavy (non-hydrogen) atoms. The number of nitrogens with one attached hydrogen (secondary N) is 2. The Morgan fingerprint density at radius 1 is 1.08 bits per heavy atom. The third-order valence-electron chi connectivity index (χ3n) is 6.33. The molecule has 0 aromatic heterocycles. The fourth-order valence-electron chi connectivity index (χ4n) is 4.19. The highest BCUT2D eigenvalue weighted by Gasteiger charge is 2.29. The fourth-order valence-corrected chi connectivity index (χ4v) is 4.32. The summed E-state index contributed by atoms with van der Waals surface area (Å²) in [5.41, 5.74) is 8.22. The van der Waals surface area contributed by atoms with Gasteiger partial charge in [-0.2, -0.15) is 0 Å². The molecule has 1 aliphatic carbocycles. The molecule has 1 aromatic carbocycles. The predicted octanol–water partition coefficient (Wildman–Crippen LogP) is 6.56. The van der Waals surface area contributed by atoms with Crippen molar-refractivity contribution in [1.29, 1.82) is 0 Å². The van der Waals surface area contributed by atoms with E-state index in [9.17, 15) is 9.59 Å². The van der Waals surface area contributed by atoms with E-state index in [0.29, 0.717) is 37.4 Å². The van der Waals surface area contributed by atoms with E-state index in [4.69, 9.17) is 16.3 Å². The van der Waals surface area contributed by atoms with Crippen LogP contribution in [0.5, 0.6) is 5.75 Å². The summed E-state index contributed by atoms with van der Waals surface area (Å²) < 4.78 is 5.81. The number of amides is 2. The molecule has 0 saturated heterocycles. The van der Waals surface area contributed by atoms with Crippen LogP contribution in [-0.2, 0) is 16.0 Å². The molecular formula is C29H48ClN3O3. The summed E-state index contributed by atoms with van der Waals surface area (Å²) >= 11 is 5.65. The van der Waals surface area contributed by atoms with Crippen molar-refractivity contribution in [3.63, 3.8) is 0 Å². The van der Waals surface area contributed by atoms with E-state index in [1.165, 1.54) is 42.6 Å². The Kier molecular flexibility index (Phi) is 17.2. The molecule has 0 unspecified atom stereocenters. The van der Waals surface area contributed by atoms with Gasteiger partial charge in [0, 0.05) is 18.7 Å². The van der Waals surface area contributed by atoms with Crippen molar-refractivity contribution in [3.05, 3.63) is 35.9 Å². The monoisotopic (exact) mass is 521 g/mol. The summed E-state index contributed by atoms with van der Waals surface area (Å²) in [6.07, 6.45) is 12.4. The van der Waals surface area contributed by atoms with Crippen molar-refractivity contribution in [3.8, 4) is 5.75 Å². The van der Waals surface area contributed by atoms with Gasteiger partial charge < -0.3 is 4.74 Å². The summed E-state index contributed by atoms with van der Waals surface area (Å²) in [6.45, 7) is 8.95. The molecule has 0 atom stereocenters. The van der Waals surface area contributed by atoms with Crippen LogP contribution in [0.1, 0.15) is 90.0 Å². The average molecular weight is 522 g/mol. The third kappa shape index (κ3) is 12.9. The minimum atomic E-state index is -0.180. The number of carbonyl (C=O) groups excluding carboxylic acids is 2. The number of halogens is 1. The average Bonchev–Trinajstić information content (AvgIpc) is 2.88. The first-order chi connectivity index (χ1) is 17.3. The number of hydrogen-bond donors (Lipinski definition) is 2. The lowest BCUT2D eigenvalue weighted by Crippen LogP contribution is -2.40. The Morgan fingerprint density at radius 2 is 1.78 bits per heavy atom. The van der Waals surface area contributed by atoms with Crippen LogP contribution in [0.15, 0.2) is 30.4 Å². The normalized spacial score (nSPS) is 15.1. The number of anilines is 1. The summed E-state index contributed by atoms with van der Waals surface area (Å²) in [5, 5.41) is 0. The number of ether oxygens (including phenoxy) is 1. The summed E-state index contributed by atoms with van der Waals surface area (Å²) in [5.74, 6) is 1.92. The maximum absolute atomic E-state index is 12.3. The standard InChI is InChI=1S/C20H26ClNO3.C7H14.C2H8N2/c1-15(2)6-3-4-13-25-17-9-10-18-16(14-17)8-11-20(24)22(18)19(23)7-5-12-21;1-7-5-3-2-4-6-7;1-3-4-2/h9-10,14H,1,3-8,11-13H2,2H3;7H,2-6H2,1H3;3-4H,1-2H3. The summed E-state index contributed by atoms with van der Waals surface area (Å²) in [7, 11) is 3.64. The number of allylic oxidation sites excluding steroid dienone is 1. The zero-order chi connectivity index (χ0) is 26.8. The third-order valence-corrected chi connectivity index (χ3v) is 6.60. The molecule has 0 bridgehead atoms. The molecule has 6 nitrogen and oxygen atoms in total. The van der Waals surface area contributed by atoms with Crippen LogP contribution in [0, 0.1) is 5.92 Å². The van der Waals surface area contributed by atoms with Gasteiger partial charge in [0.15, 0.2) is 0 Å². The van der Waals surface area contributed by atoms with Crippen LogP contribution in [0.2, 0.25) is 0 Å². The second-order valence-electron chi connectivity index (χ2n) is 9.71. The Labute approximate surface area is 224 Å². The first-order valence-electron chi connectivity index (χ1n) is 13.5. The van der Waals surface area contributed by atoms with Gasteiger partial charge in [0.05, 0.1) is 12.3 Å². The van der Waals surface area contributed by atoms with Crippen LogP contribution in [0.4, 0.5) is 5.69 Å². The quantitative estimate of drug-likeness (QED) is 0.158. The Morgan fingerprint density at radius 3 is 2.33 bits per heavy atom. The summed E-state index contributed by atoms with van der Waals surface area (Å²) in [6, 6.07) is 5.59. The van der Waals surface area contributed by atoms with Gasteiger partial charge in [0.1, 0.15) is 5.75 Å². The molecule has 204 valence electrons. The lowest BCUT2D eigenvalue weighted by atomic mass is 9.91. The van der Waals surface area contributed by atoms with Gasteiger partial charge >= 0.3 is 0 Å². The molecular weight excluding hydrogens is 474 g/mol. The second kappa shape index (κ2) is 19.3. The highest BCUT2D eigenvalue weighted by atomic mass is 35.5. The molecule has 1 aromatic rings. The summed E-state index contributed by atoms with van der Waals surface area (Å²) in [4.78, 5) is 25.8. The van der Waals surface area contributed by atoms with Gasteiger partial charge in [0.25, 0.3) is 0 Å². The van der Waals surface area contributed by atoms with E-state index < -0.39 is 0 Å². The van der Waals surface area contributed by atoms with Crippen molar-refractivity contribution < 1.29 is 14.3 Å². The Hall–Kier alpha value is -1.89. The van der Waals surface area contributed by atoms with Crippen LogP contribution in [-0.4, -0.2) is 38.4 Å². The number of benzene rings is 1. The molecule has 3 rings (SSSR count). The van der Waals surface area contributed by atoms with Gasteiger partial charge in [-0.3, -0.25) is 25.3 Å². The van der Waals surface area contributed by atoms with Crippen LogP contribution in [0.25, 0.3) is 0 Å². The van der Waals surface area contributed by atoms with Gasteiger partial charge in [-0.25, -0.2) is 0 Å². The van der Waals surface area contributed by atoms with E-state index in [0.717, 1.165) is 36.5 Å². The topological polar surface area (TPSA) is 70.7 Å². The highest BCUT2D eigenvalue weighted by molar-refractivity contribution is 6.18. The van der Waals surface area contributed by atoms with Crippen molar-refractivity contribution in [2.24, 2.45) is 5.92 Å². The van der Waals surface area contributed by atoms with E-state index in [1.54, 1.807) is 0 Å². The lowest BCUT2D eigenvalue weighted by molar-refractivity contribution is -0.126. The molecule has 1 heterocycles. The maximum Gasteiger partial charge on any atom is 0.234 e. The smallest absolute Gasteiger partial charge is 0.234 e. The number of imide groups is 1. The van der Waals surface area contributed by atoms with Gasteiger partial charge in [-0.1, -0.05) is 44.6 Å². The van der Waals surface area contributed by atoms with Crippen LogP contribution in [0.3, 0.4) is 0 Å². The van der Waals surface area contributed by atoms with Gasteiger partial charge in [-0.15, -0.1) is 18.2 Å². The zero-order valence-electron chi connectivity index (χ0n) is 23.0. The van der Waals surface area contributed by atoms with Gasteiger partial charge in [0.2, 0.25) is 11.8 Å². The molecule has 7 heteroatoms.